The summed E-state index contributed by atoms with van der Waals surface area (Å²) in [7, 11) is 0. The molecule has 0 spiro atoms. The predicted octanol–water partition coefficient (Wildman–Crippen LogP) is 2.84. The van der Waals surface area contributed by atoms with Gasteiger partial charge in [0.15, 0.2) is 0 Å². The molecular weight excluding hydrogens is 226 g/mol. The minimum Gasteiger partial charge on any atom is -0.481 e. The number of nitrogens with one attached hydrogen (secondary N) is 1. The average Bonchev–Trinajstić information content (AvgIpc) is 2.34. The highest BCUT2D eigenvalue weighted by atomic mass is 16.4. The number of aliphatic carboxylic acids is 1. The van der Waals surface area contributed by atoms with Crippen molar-refractivity contribution in [1.29, 1.82) is 0 Å². The minimum atomic E-state index is -0.663. The maximum absolute atomic E-state index is 11.0. The van der Waals surface area contributed by atoms with Crippen LogP contribution in [0.5, 0.6) is 0 Å². The van der Waals surface area contributed by atoms with Crippen LogP contribution in [0.2, 0.25) is 0 Å². The van der Waals surface area contributed by atoms with Gasteiger partial charge in [-0.3, -0.25) is 4.79 Å². The van der Waals surface area contributed by atoms with Gasteiger partial charge in [0.1, 0.15) is 0 Å². The summed E-state index contributed by atoms with van der Waals surface area (Å²) in [6.45, 7) is 0. The number of rotatable bonds is 3. The molecule has 2 aliphatic carbocycles. The van der Waals surface area contributed by atoms with Crippen LogP contribution in [-0.4, -0.2) is 17.1 Å². The van der Waals surface area contributed by atoms with Crippen molar-refractivity contribution in [1.82, 2.24) is 0 Å². The smallest absolute Gasteiger partial charge is 0.308 e. The molecule has 0 heterocycles. The number of carbonyl (C=O) groups is 1. The standard InChI is InChI=1S/C15H19NO2/c17-15(18)12-8-9-14(12)16-13-7-3-5-10-4-1-2-6-11(10)13/h3,5,7,12,14,16H,1-2,4,6,8-9H2,(H,17,18). The van der Waals surface area contributed by atoms with E-state index in [0.717, 1.165) is 25.7 Å². The Morgan fingerprint density at radius 1 is 1.22 bits per heavy atom. The first-order chi connectivity index (χ1) is 8.75. The number of hydrogen-bond donors (Lipinski definition) is 2. The lowest BCUT2D eigenvalue weighted by Crippen LogP contribution is -2.43. The van der Waals surface area contributed by atoms with Gasteiger partial charge in [-0.15, -0.1) is 0 Å². The van der Waals surface area contributed by atoms with Crippen LogP contribution in [0, 0.1) is 5.92 Å². The summed E-state index contributed by atoms with van der Waals surface area (Å²) >= 11 is 0. The van der Waals surface area contributed by atoms with Gasteiger partial charge in [-0.05, 0) is 55.7 Å². The second-order valence-electron chi connectivity index (χ2n) is 5.42. The van der Waals surface area contributed by atoms with Gasteiger partial charge in [-0.1, -0.05) is 12.1 Å². The summed E-state index contributed by atoms with van der Waals surface area (Å²) in [5.41, 5.74) is 4.03. The molecule has 3 nitrogen and oxygen atoms in total. The van der Waals surface area contributed by atoms with E-state index in [0.29, 0.717) is 0 Å². The summed E-state index contributed by atoms with van der Waals surface area (Å²) in [5, 5.41) is 12.5. The molecule has 1 fully saturated rings. The van der Waals surface area contributed by atoms with Crippen molar-refractivity contribution >= 4 is 11.7 Å². The molecule has 0 aromatic heterocycles. The molecule has 2 aliphatic rings. The monoisotopic (exact) mass is 245 g/mol. The zero-order valence-corrected chi connectivity index (χ0v) is 10.5. The number of hydrogen-bond acceptors (Lipinski definition) is 2. The lowest BCUT2D eigenvalue weighted by molar-refractivity contribution is -0.144. The highest BCUT2D eigenvalue weighted by Crippen LogP contribution is 2.34. The van der Waals surface area contributed by atoms with Crippen LogP contribution in [0.15, 0.2) is 18.2 Å². The molecule has 18 heavy (non-hydrogen) atoms. The van der Waals surface area contributed by atoms with Crippen LogP contribution in [0.3, 0.4) is 0 Å². The molecule has 1 aromatic rings. The second kappa shape index (κ2) is 4.63. The van der Waals surface area contributed by atoms with Gasteiger partial charge in [0, 0.05) is 11.7 Å². The lowest BCUT2D eigenvalue weighted by Gasteiger charge is -2.36. The van der Waals surface area contributed by atoms with E-state index < -0.39 is 5.97 Å². The number of benzene rings is 1. The molecule has 0 aliphatic heterocycles. The van der Waals surface area contributed by atoms with E-state index in [-0.39, 0.29) is 12.0 Å². The maximum atomic E-state index is 11.0. The molecule has 0 amide bonds. The van der Waals surface area contributed by atoms with Crippen LogP contribution >= 0.6 is 0 Å². The van der Waals surface area contributed by atoms with E-state index in [1.165, 1.54) is 29.7 Å². The molecule has 1 saturated carbocycles. The van der Waals surface area contributed by atoms with Crippen LogP contribution in [0.25, 0.3) is 0 Å². The van der Waals surface area contributed by atoms with E-state index in [2.05, 4.69) is 23.5 Å². The Labute approximate surface area is 107 Å². The normalized spacial score (nSPS) is 26.0. The molecular formula is C15H19NO2. The number of aryl methyl sites for hydroxylation is 1. The summed E-state index contributed by atoms with van der Waals surface area (Å²) in [6, 6.07) is 6.51. The Kier molecular flexibility index (Phi) is 2.98. The minimum absolute atomic E-state index is 0.121. The highest BCUT2D eigenvalue weighted by molar-refractivity contribution is 5.73. The number of fused-ring (bicyclic) bond motifs is 1. The Balaban J connectivity index is 1.79. The Hall–Kier alpha value is -1.51. The van der Waals surface area contributed by atoms with Crippen LogP contribution in [0.1, 0.15) is 36.8 Å². The molecule has 3 rings (SSSR count). The molecule has 96 valence electrons. The lowest BCUT2D eigenvalue weighted by atomic mass is 9.79. The van der Waals surface area contributed by atoms with Gasteiger partial charge in [0.05, 0.1) is 5.92 Å². The summed E-state index contributed by atoms with van der Waals surface area (Å²) in [5.74, 6) is -0.868. The van der Waals surface area contributed by atoms with Crippen molar-refractivity contribution in [3.05, 3.63) is 29.3 Å². The fourth-order valence-corrected chi connectivity index (χ4v) is 3.08. The summed E-state index contributed by atoms with van der Waals surface area (Å²) in [4.78, 5) is 11.0. The highest BCUT2D eigenvalue weighted by Gasteiger charge is 2.36. The van der Waals surface area contributed by atoms with Crippen molar-refractivity contribution in [2.75, 3.05) is 5.32 Å². The topological polar surface area (TPSA) is 49.3 Å². The maximum Gasteiger partial charge on any atom is 0.308 e. The van der Waals surface area contributed by atoms with Crippen molar-refractivity contribution in [3.63, 3.8) is 0 Å². The third-order valence-corrected chi connectivity index (χ3v) is 4.33. The van der Waals surface area contributed by atoms with E-state index >= 15 is 0 Å². The van der Waals surface area contributed by atoms with Gasteiger partial charge in [0.2, 0.25) is 0 Å². The van der Waals surface area contributed by atoms with Gasteiger partial charge < -0.3 is 10.4 Å². The summed E-state index contributed by atoms with van der Waals surface area (Å²) < 4.78 is 0. The van der Waals surface area contributed by atoms with Crippen LogP contribution in [-0.2, 0) is 17.6 Å². The SMILES string of the molecule is O=C(O)C1CCC1Nc1cccc2c1CCCC2. The van der Waals surface area contributed by atoms with Gasteiger partial charge in [-0.25, -0.2) is 0 Å². The van der Waals surface area contributed by atoms with Crippen LogP contribution in [0.4, 0.5) is 5.69 Å². The third kappa shape index (κ3) is 1.98. The molecule has 3 heteroatoms. The quantitative estimate of drug-likeness (QED) is 0.861. The van der Waals surface area contributed by atoms with E-state index in [1.807, 2.05) is 0 Å². The van der Waals surface area contributed by atoms with Crippen molar-refractivity contribution < 1.29 is 9.90 Å². The fourth-order valence-electron chi connectivity index (χ4n) is 3.08. The van der Waals surface area contributed by atoms with E-state index in [1.54, 1.807) is 0 Å². The molecule has 0 bridgehead atoms. The largest absolute Gasteiger partial charge is 0.481 e. The molecule has 0 saturated heterocycles. The van der Waals surface area contributed by atoms with E-state index in [4.69, 9.17) is 5.11 Å². The predicted molar refractivity (Wildman–Crippen MR) is 70.9 cm³/mol. The Morgan fingerprint density at radius 3 is 2.78 bits per heavy atom. The number of anilines is 1. The first kappa shape index (κ1) is 11.6. The fraction of sp³-hybridized carbons (Fsp3) is 0.533. The Morgan fingerprint density at radius 2 is 2.06 bits per heavy atom. The first-order valence-electron chi connectivity index (χ1n) is 6.86. The molecule has 2 N–H and O–H groups in total. The second-order valence-corrected chi connectivity index (χ2v) is 5.42. The molecule has 2 atom stereocenters. The van der Waals surface area contributed by atoms with Crippen molar-refractivity contribution in [2.24, 2.45) is 5.92 Å². The molecule has 0 radical (unpaired) electrons. The number of carboxylic acid groups (broad SMARTS) is 1. The third-order valence-electron chi connectivity index (χ3n) is 4.33. The van der Waals surface area contributed by atoms with Gasteiger partial charge >= 0.3 is 5.97 Å². The first-order valence-corrected chi connectivity index (χ1v) is 6.86. The van der Waals surface area contributed by atoms with E-state index in [9.17, 15) is 4.79 Å². The zero-order valence-electron chi connectivity index (χ0n) is 10.5. The van der Waals surface area contributed by atoms with Crippen LogP contribution < -0.4 is 5.32 Å². The average molecular weight is 245 g/mol. The van der Waals surface area contributed by atoms with Crippen molar-refractivity contribution in [2.45, 2.75) is 44.6 Å². The molecule has 1 aromatic carbocycles. The van der Waals surface area contributed by atoms with Gasteiger partial charge in [0.25, 0.3) is 0 Å². The Bertz CT molecular complexity index is 470. The summed E-state index contributed by atoms with van der Waals surface area (Å²) in [6.07, 6.45) is 6.60. The van der Waals surface area contributed by atoms with Gasteiger partial charge in [-0.2, -0.15) is 0 Å². The number of carboxylic acids is 1. The van der Waals surface area contributed by atoms with Crippen molar-refractivity contribution in [3.8, 4) is 0 Å². The zero-order chi connectivity index (χ0) is 12.5. The molecule has 2 unspecified atom stereocenters.